The van der Waals surface area contributed by atoms with E-state index in [-0.39, 0.29) is 24.8 Å². The highest BCUT2D eigenvalue weighted by Crippen LogP contribution is 2.06. The predicted molar refractivity (Wildman–Crippen MR) is 59.1 cm³/mol. The maximum Gasteiger partial charge on any atom is 0.303 e. The second-order valence-corrected chi connectivity index (χ2v) is 3.77. The third-order valence-electron chi connectivity index (χ3n) is 2.40. The van der Waals surface area contributed by atoms with Gasteiger partial charge in [0.1, 0.15) is 19.2 Å². The van der Waals surface area contributed by atoms with Gasteiger partial charge in [-0.1, -0.05) is 13.3 Å². The van der Waals surface area contributed by atoms with Gasteiger partial charge in [0.15, 0.2) is 0 Å². The normalized spacial score (nSPS) is 12.1. The lowest BCUT2D eigenvalue weighted by Gasteiger charge is -2.13. The van der Waals surface area contributed by atoms with E-state index in [4.69, 9.17) is 5.11 Å². The van der Waals surface area contributed by atoms with Crippen molar-refractivity contribution in [1.29, 1.82) is 0 Å². The van der Waals surface area contributed by atoms with Crippen LogP contribution in [0.25, 0.3) is 0 Å². The van der Waals surface area contributed by atoms with E-state index in [2.05, 4.69) is 15.4 Å². The molecule has 0 aromatic carbocycles. The summed E-state index contributed by atoms with van der Waals surface area (Å²) in [7, 11) is 0. The molecule has 1 aromatic rings. The molecule has 0 aliphatic rings. The number of amides is 1. The molecule has 0 spiro atoms. The zero-order valence-corrected chi connectivity index (χ0v) is 9.67. The fraction of sp³-hybridized carbons (Fsp3) is 0.600. The van der Waals surface area contributed by atoms with Gasteiger partial charge in [0.25, 0.3) is 0 Å². The van der Waals surface area contributed by atoms with Gasteiger partial charge in [-0.05, 0) is 5.92 Å². The number of hydrogen-bond donors (Lipinski definition) is 2. The summed E-state index contributed by atoms with van der Waals surface area (Å²) in [6, 6.07) is 0. The van der Waals surface area contributed by atoms with Crippen molar-refractivity contribution in [1.82, 2.24) is 20.1 Å². The van der Waals surface area contributed by atoms with Crippen LogP contribution in [0.3, 0.4) is 0 Å². The average Bonchev–Trinajstić information content (AvgIpc) is 2.76. The monoisotopic (exact) mass is 240 g/mol. The van der Waals surface area contributed by atoms with Crippen molar-refractivity contribution < 1.29 is 14.7 Å². The minimum atomic E-state index is -0.845. The summed E-state index contributed by atoms with van der Waals surface area (Å²) in [5.41, 5.74) is 0. The molecule has 17 heavy (non-hydrogen) atoms. The molecule has 1 rings (SSSR count). The Morgan fingerprint density at radius 3 is 2.82 bits per heavy atom. The fourth-order valence-electron chi connectivity index (χ4n) is 1.38. The van der Waals surface area contributed by atoms with Crippen LogP contribution in [0, 0.1) is 5.92 Å². The Morgan fingerprint density at radius 1 is 1.53 bits per heavy atom. The second-order valence-electron chi connectivity index (χ2n) is 3.77. The van der Waals surface area contributed by atoms with Crippen LogP contribution < -0.4 is 5.32 Å². The summed E-state index contributed by atoms with van der Waals surface area (Å²) in [5.74, 6) is -1.08. The number of carbonyl (C=O) groups is 2. The Balaban J connectivity index is 2.29. The smallest absolute Gasteiger partial charge is 0.303 e. The van der Waals surface area contributed by atoms with Crippen LogP contribution in [0.1, 0.15) is 19.8 Å². The van der Waals surface area contributed by atoms with Gasteiger partial charge in [0, 0.05) is 13.0 Å². The van der Waals surface area contributed by atoms with Crippen LogP contribution in [-0.2, 0) is 16.1 Å². The van der Waals surface area contributed by atoms with E-state index in [1.165, 1.54) is 17.3 Å². The topological polar surface area (TPSA) is 97.1 Å². The van der Waals surface area contributed by atoms with Gasteiger partial charge >= 0.3 is 5.97 Å². The third-order valence-corrected chi connectivity index (χ3v) is 2.40. The molecule has 1 unspecified atom stereocenters. The van der Waals surface area contributed by atoms with E-state index < -0.39 is 5.97 Å². The lowest BCUT2D eigenvalue weighted by atomic mass is 10.0. The molecule has 7 nitrogen and oxygen atoms in total. The molecule has 0 fully saturated rings. The number of nitrogens with zero attached hydrogens (tertiary/aromatic N) is 3. The minimum Gasteiger partial charge on any atom is -0.481 e. The van der Waals surface area contributed by atoms with Crippen molar-refractivity contribution in [2.24, 2.45) is 5.92 Å². The first-order valence-corrected chi connectivity index (χ1v) is 5.42. The molecule has 1 atom stereocenters. The van der Waals surface area contributed by atoms with Crippen LogP contribution in [-0.4, -0.2) is 38.3 Å². The van der Waals surface area contributed by atoms with Crippen LogP contribution in [0.15, 0.2) is 12.7 Å². The maximum absolute atomic E-state index is 11.5. The first kappa shape index (κ1) is 13.1. The Bertz CT molecular complexity index is 364. The first-order chi connectivity index (χ1) is 8.11. The van der Waals surface area contributed by atoms with Gasteiger partial charge in [0.05, 0.1) is 0 Å². The molecule has 1 aromatic heterocycles. The third kappa shape index (κ3) is 5.10. The fourth-order valence-corrected chi connectivity index (χ4v) is 1.38. The summed E-state index contributed by atoms with van der Waals surface area (Å²) < 4.78 is 1.41. The molecule has 0 saturated heterocycles. The van der Waals surface area contributed by atoms with E-state index >= 15 is 0 Å². The van der Waals surface area contributed by atoms with E-state index in [0.717, 1.165) is 6.42 Å². The van der Waals surface area contributed by atoms with Gasteiger partial charge in [-0.25, -0.2) is 9.67 Å². The summed E-state index contributed by atoms with van der Waals surface area (Å²) in [6.45, 7) is 2.37. The zero-order valence-electron chi connectivity index (χ0n) is 9.67. The van der Waals surface area contributed by atoms with Gasteiger partial charge in [-0.15, -0.1) is 0 Å². The Morgan fingerprint density at radius 2 is 2.29 bits per heavy atom. The highest BCUT2D eigenvalue weighted by molar-refractivity contribution is 5.75. The van der Waals surface area contributed by atoms with E-state index in [9.17, 15) is 9.59 Å². The van der Waals surface area contributed by atoms with Crippen molar-refractivity contribution in [2.75, 3.05) is 6.54 Å². The number of carboxylic acids is 1. The molecule has 0 saturated carbocycles. The number of nitrogens with one attached hydrogen (secondary N) is 1. The lowest BCUT2D eigenvalue weighted by Crippen LogP contribution is -2.32. The molecule has 7 heteroatoms. The summed E-state index contributed by atoms with van der Waals surface area (Å²) >= 11 is 0. The molecule has 2 N–H and O–H groups in total. The molecule has 0 aliphatic carbocycles. The van der Waals surface area contributed by atoms with Crippen LogP contribution in [0.2, 0.25) is 0 Å². The number of hydrogen-bond acceptors (Lipinski definition) is 4. The quantitative estimate of drug-likeness (QED) is 0.693. The molecule has 0 aliphatic heterocycles. The number of carbonyl (C=O) groups excluding carboxylic acids is 1. The van der Waals surface area contributed by atoms with Crippen molar-refractivity contribution in [3.8, 4) is 0 Å². The summed E-state index contributed by atoms with van der Waals surface area (Å²) in [5, 5.41) is 15.1. The van der Waals surface area contributed by atoms with E-state index in [1.54, 1.807) is 0 Å². The first-order valence-electron chi connectivity index (χ1n) is 5.42. The van der Waals surface area contributed by atoms with Gasteiger partial charge < -0.3 is 10.4 Å². The lowest BCUT2D eigenvalue weighted by molar-refractivity contribution is -0.138. The van der Waals surface area contributed by atoms with E-state index in [1.807, 2.05) is 6.92 Å². The maximum atomic E-state index is 11.5. The number of carboxylic acid groups (broad SMARTS) is 1. The predicted octanol–water partition coefficient (Wildman–Crippen LogP) is -0.105. The summed E-state index contributed by atoms with van der Waals surface area (Å²) in [6.07, 6.45) is 3.59. The standard InChI is InChI=1S/C10H16N4O3/c1-2-8(3-10(16)17)4-12-9(15)5-14-7-11-6-13-14/h6-8H,2-5H2,1H3,(H,12,15)(H,16,17). The SMILES string of the molecule is CCC(CNC(=O)Cn1cncn1)CC(=O)O. The average molecular weight is 240 g/mol. The van der Waals surface area contributed by atoms with Gasteiger partial charge in [0.2, 0.25) is 5.91 Å². The molecular weight excluding hydrogens is 224 g/mol. The number of aromatic nitrogens is 3. The van der Waals surface area contributed by atoms with Gasteiger partial charge in [-0.3, -0.25) is 9.59 Å². The Kier molecular flexibility index (Phi) is 5.12. The highest BCUT2D eigenvalue weighted by Gasteiger charge is 2.12. The van der Waals surface area contributed by atoms with Crippen molar-refractivity contribution in [3.63, 3.8) is 0 Å². The van der Waals surface area contributed by atoms with E-state index in [0.29, 0.717) is 6.54 Å². The molecular formula is C10H16N4O3. The van der Waals surface area contributed by atoms with Crippen LogP contribution >= 0.6 is 0 Å². The molecule has 1 heterocycles. The molecule has 94 valence electrons. The Hall–Kier alpha value is -1.92. The highest BCUT2D eigenvalue weighted by atomic mass is 16.4. The number of rotatable bonds is 7. The summed E-state index contributed by atoms with van der Waals surface area (Å²) in [4.78, 5) is 25.7. The van der Waals surface area contributed by atoms with Gasteiger partial charge in [-0.2, -0.15) is 5.10 Å². The second kappa shape index (κ2) is 6.62. The number of aliphatic carboxylic acids is 1. The minimum absolute atomic E-state index is 0.0350. The Labute approximate surface area is 98.8 Å². The molecule has 0 radical (unpaired) electrons. The zero-order chi connectivity index (χ0) is 12.7. The molecule has 0 bridgehead atoms. The van der Waals surface area contributed by atoms with Crippen molar-refractivity contribution >= 4 is 11.9 Å². The van der Waals surface area contributed by atoms with Crippen molar-refractivity contribution in [2.45, 2.75) is 26.3 Å². The van der Waals surface area contributed by atoms with Crippen LogP contribution in [0.5, 0.6) is 0 Å². The molecule has 1 amide bonds. The largest absolute Gasteiger partial charge is 0.481 e. The van der Waals surface area contributed by atoms with Crippen LogP contribution in [0.4, 0.5) is 0 Å². The van der Waals surface area contributed by atoms with Crippen molar-refractivity contribution in [3.05, 3.63) is 12.7 Å².